The van der Waals surface area contributed by atoms with E-state index < -0.39 is 11.9 Å². The van der Waals surface area contributed by atoms with E-state index in [1.54, 1.807) is 0 Å². The van der Waals surface area contributed by atoms with Gasteiger partial charge < -0.3 is 10.2 Å². The maximum atomic E-state index is 10.6. The summed E-state index contributed by atoms with van der Waals surface area (Å²) in [5.41, 5.74) is 0.127. The van der Waals surface area contributed by atoms with Crippen LogP contribution in [0.25, 0.3) is 0 Å². The van der Waals surface area contributed by atoms with Crippen LogP contribution in [0.1, 0.15) is 46.0 Å². The summed E-state index contributed by atoms with van der Waals surface area (Å²) in [6, 6.07) is 0. The standard InChI is InChI=1S/C12H20O4/c1-12(2)8(9(12)7-11(15)16)5-3-4-6-10(13)14/h8-9H,3-7H2,1-2H3,(H,13,14)(H,15,16)/t8-,9-/m0/s1. The van der Waals surface area contributed by atoms with E-state index in [1.807, 2.05) is 0 Å². The molecular weight excluding hydrogens is 208 g/mol. The minimum Gasteiger partial charge on any atom is -0.481 e. The molecule has 0 aromatic carbocycles. The molecule has 0 bridgehead atoms. The van der Waals surface area contributed by atoms with Gasteiger partial charge in [0.05, 0.1) is 0 Å². The molecule has 0 amide bonds. The van der Waals surface area contributed by atoms with Crippen molar-refractivity contribution in [1.29, 1.82) is 0 Å². The smallest absolute Gasteiger partial charge is 0.303 e. The highest BCUT2D eigenvalue weighted by Gasteiger charge is 2.56. The minimum atomic E-state index is -0.753. The first kappa shape index (κ1) is 13.0. The van der Waals surface area contributed by atoms with E-state index in [2.05, 4.69) is 13.8 Å². The van der Waals surface area contributed by atoms with Crippen molar-refractivity contribution in [2.45, 2.75) is 46.0 Å². The van der Waals surface area contributed by atoms with Crippen LogP contribution in [0, 0.1) is 17.3 Å². The van der Waals surface area contributed by atoms with Gasteiger partial charge in [-0.25, -0.2) is 0 Å². The first-order valence-corrected chi connectivity index (χ1v) is 5.79. The molecule has 16 heavy (non-hydrogen) atoms. The fourth-order valence-corrected chi connectivity index (χ4v) is 2.66. The Morgan fingerprint density at radius 2 is 1.69 bits per heavy atom. The Labute approximate surface area is 95.7 Å². The molecule has 2 N–H and O–H groups in total. The molecule has 0 aromatic rings. The van der Waals surface area contributed by atoms with Gasteiger partial charge in [-0.3, -0.25) is 9.59 Å². The van der Waals surface area contributed by atoms with Gasteiger partial charge in [0, 0.05) is 12.8 Å². The van der Waals surface area contributed by atoms with Gasteiger partial charge >= 0.3 is 11.9 Å². The average Bonchev–Trinajstić information content (AvgIpc) is 2.61. The zero-order valence-corrected chi connectivity index (χ0v) is 9.90. The highest BCUT2D eigenvalue weighted by Crippen LogP contribution is 2.62. The summed E-state index contributed by atoms with van der Waals surface area (Å²) >= 11 is 0. The Bertz CT molecular complexity index is 283. The number of hydrogen-bond acceptors (Lipinski definition) is 2. The molecular formula is C12H20O4. The second-order valence-electron chi connectivity index (χ2n) is 5.27. The lowest BCUT2D eigenvalue weighted by Crippen LogP contribution is -1.99. The number of unbranched alkanes of at least 4 members (excludes halogenated alkanes) is 1. The van der Waals surface area contributed by atoms with E-state index in [4.69, 9.17) is 10.2 Å². The van der Waals surface area contributed by atoms with E-state index >= 15 is 0 Å². The van der Waals surface area contributed by atoms with Crippen molar-refractivity contribution >= 4 is 11.9 Å². The molecule has 1 saturated carbocycles. The highest BCUT2D eigenvalue weighted by atomic mass is 16.4. The topological polar surface area (TPSA) is 74.6 Å². The molecule has 1 rings (SSSR count). The second-order valence-corrected chi connectivity index (χ2v) is 5.27. The van der Waals surface area contributed by atoms with Crippen molar-refractivity contribution in [1.82, 2.24) is 0 Å². The van der Waals surface area contributed by atoms with E-state index in [-0.39, 0.29) is 24.2 Å². The van der Waals surface area contributed by atoms with Gasteiger partial charge in [0.25, 0.3) is 0 Å². The molecule has 0 spiro atoms. The van der Waals surface area contributed by atoms with Crippen molar-refractivity contribution < 1.29 is 19.8 Å². The Balaban J connectivity index is 2.23. The molecule has 0 aromatic heterocycles. The summed E-state index contributed by atoms with van der Waals surface area (Å²) in [5, 5.41) is 17.2. The number of hydrogen-bond donors (Lipinski definition) is 2. The summed E-state index contributed by atoms with van der Waals surface area (Å²) in [7, 11) is 0. The first-order chi connectivity index (χ1) is 7.35. The van der Waals surface area contributed by atoms with E-state index in [9.17, 15) is 9.59 Å². The molecule has 1 aliphatic carbocycles. The lowest BCUT2D eigenvalue weighted by molar-refractivity contribution is -0.138. The maximum absolute atomic E-state index is 10.6. The van der Waals surface area contributed by atoms with Gasteiger partial charge in [-0.1, -0.05) is 20.3 Å². The van der Waals surface area contributed by atoms with Crippen molar-refractivity contribution in [2.24, 2.45) is 17.3 Å². The fourth-order valence-electron chi connectivity index (χ4n) is 2.66. The van der Waals surface area contributed by atoms with Gasteiger partial charge in [0.15, 0.2) is 0 Å². The Hall–Kier alpha value is -1.06. The predicted molar refractivity (Wildman–Crippen MR) is 59.1 cm³/mol. The molecule has 0 saturated heterocycles. The Morgan fingerprint density at radius 3 is 2.19 bits per heavy atom. The van der Waals surface area contributed by atoms with E-state index in [1.165, 1.54) is 0 Å². The molecule has 1 aliphatic rings. The van der Waals surface area contributed by atoms with Crippen molar-refractivity contribution in [3.8, 4) is 0 Å². The number of rotatable bonds is 7. The van der Waals surface area contributed by atoms with Crippen molar-refractivity contribution in [3.63, 3.8) is 0 Å². The van der Waals surface area contributed by atoms with E-state index in [0.717, 1.165) is 12.8 Å². The largest absolute Gasteiger partial charge is 0.481 e. The molecule has 0 aliphatic heterocycles. The van der Waals surface area contributed by atoms with Gasteiger partial charge in [0.1, 0.15) is 0 Å². The van der Waals surface area contributed by atoms with Crippen LogP contribution in [-0.4, -0.2) is 22.2 Å². The molecule has 1 fully saturated rings. The van der Waals surface area contributed by atoms with Gasteiger partial charge in [-0.15, -0.1) is 0 Å². The molecule has 0 radical (unpaired) electrons. The molecule has 0 unspecified atom stereocenters. The van der Waals surface area contributed by atoms with Crippen molar-refractivity contribution in [3.05, 3.63) is 0 Å². The second kappa shape index (κ2) is 4.85. The molecule has 0 heterocycles. The third kappa shape index (κ3) is 3.22. The van der Waals surface area contributed by atoms with Crippen LogP contribution < -0.4 is 0 Å². The number of aliphatic carboxylic acids is 2. The Kier molecular flexibility index (Phi) is 3.94. The summed E-state index contributed by atoms with van der Waals surface area (Å²) in [5.74, 6) is -0.754. The SMILES string of the molecule is CC1(C)[C@@H](CCCCC(=O)O)[C@@H]1CC(=O)O. The zero-order chi connectivity index (χ0) is 12.3. The number of carboxylic acids is 2. The van der Waals surface area contributed by atoms with E-state index in [0.29, 0.717) is 12.3 Å². The number of carboxylic acid groups (broad SMARTS) is 2. The fraction of sp³-hybridized carbons (Fsp3) is 0.833. The van der Waals surface area contributed by atoms with Crippen LogP contribution in [0.2, 0.25) is 0 Å². The first-order valence-electron chi connectivity index (χ1n) is 5.79. The molecule has 4 heteroatoms. The van der Waals surface area contributed by atoms with Gasteiger partial charge in [-0.2, -0.15) is 0 Å². The van der Waals surface area contributed by atoms with Crippen LogP contribution in [-0.2, 0) is 9.59 Å². The molecule has 4 nitrogen and oxygen atoms in total. The van der Waals surface area contributed by atoms with Gasteiger partial charge in [-0.05, 0) is 30.1 Å². The van der Waals surface area contributed by atoms with Crippen LogP contribution in [0.3, 0.4) is 0 Å². The monoisotopic (exact) mass is 228 g/mol. The minimum absolute atomic E-state index is 0.127. The normalized spacial score (nSPS) is 26.4. The summed E-state index contributed by atoms with van der Waals surface area (Å²) < 4.78 is 0. The number of carbonyl (C=O) groups is 2. The average molecular weight is 228 g/mol. The van der Waals surface area contributed by atoms with Gasteiger partial charge in [0.2, 0.25) is 0 Å². The summed E-state index contributed by atoms with van der Waals surface area (Å²) in [6.07, 6.45) is 3.00. The van der Waals surface area contributed by atoms with Crippen LogP contribution in [0.4, 0.5) is 0 Å². The van der Waals surface area contributed by atoms with Crippen LogP contribution in [0.15, 0.2) is 0 Å². The lowest BCUT2D eigenvalue weighted by atomic mass is 10.0. The summed E-state index contributed by atoms with van der Waals surface area (Å²) in [6.45, 7) is 4.20. The van der Waals surface area contributed by atoms with Crippen LogP contribution in [0.5, 0.6) is 0 Å². The third-order valence-electron chi connectivity index (χ3n) is 3.84. The van der Waals surface area contributed by atoms with Crippen LogP contribution >= 0.6 is 0 Å². The maximum Gasteiger partial charge on any atom is 0.303 e. The van der Waals surface area contributed by atoms with Crippen molar-refractivity contribution in [2.75, 3.05) is 0 Å². The lowest BCUT2D eigenvalue weighted by Gasteiger charge is -2.01. The molecule has 2 atom stereocenters. The highest BCUT2D eigenvalue weighted by molar-refractivity contribution is 5.68. The predicted octanol–water partition coefficient (Wildman–Crippen LogP) is 2.38. The summed E-state index contributed by atoms with van der Waals surface area (Å²) in [4.78, 5) is 20.9. The zero-order valence-electron chi connectivity index (χ0n) is 9.90. The third-order valence-corrected chi connectivity index (χ3v) is 3.84. The molecule has 92 valence electrons. The quantitative estimate of drug-likeness (QED) is 0.656. The Morgan fingerprint density at radius 1 is 1.06 bits per heavy atom.